The third kappa shape index (κ3) is 2.28. The molecule has 1 aromatic rings. The Kier molecular flexibility index (Phi) is 2.99. The molecule has 0 aromatic carbocycles. The molecule has 2 aliphatic rings. The van der Waals surface area contributed by atoms with Crippen molar-refractivity contribution in [2.24, 2.45) is 24.8 Å². The van der Waals surface area contributed by atoms with Crippen LogP contribution in [0.3, 0.4) is 0 Å². The summed E-state index contributed by atoms with van der Waals surface area (Å²) in [6.45, 7) is 3.41. The van der Waals surface area contributed by atoms with Crippen molar-refractivity contribution in [3.63, 3.8) is 0 Å². The van der Waals surface area contributed by atoms with E-state index >= 15 is 0 Å². The van der Waals surface area contributed by atoms with Gasteiger partial charge >= 0.3 is 0 Å². The van der Waals surface area contributed by atoms with E-state index in [4.69, 9.17) is 0 Å². The Labute approximate surface area is 104 Å². The smallest absolute Gasteiger partial charge is 0.0223 e. The highest BCUT2D eigenvalue weighted by Gasteiger charge is 2.41. The minimum absolute atomic E-state index is 0.686. The summed E-state index contributed by atoms with van der Waals surface area (Å²) >= 11 is 0. The molecule has 0 amide bonds. The predicted octanol–water partition coefficient (Wildman–Crippen LogP) is 2.94. The van der Waals surface area contributed by atoms with Crippen LogP contribution in [0.4, 0.5) is 0 Å². The van der Waals surface area contributed by atoms with E-state index in [1.807, 2.05) is 0 Å². The second-order valence-electron chi connectivity index (χ2n) is 6.19. The summed E-state index contributed by atoms with van der Waals surface area (Å²) < 4.78 is 2.12. The zero-order valence-electron chi connectivity index (χ0n) is 11.0. The van der Waals surface area contributed by atoms with Crippen LogP contribution in [0.25, 0.3) is 0 Å². The van der Waals surface area contributed by atoms with Crippen molar-refractivity contribution in [2.75, 3.05) is 0 Å². The normalized spacial score (nSPS) is 33.2. The van der Waals surface area contributed by atoms with Gasteiger partial charge in [0.25, 0.3) is 0 Å². The molecule has 0 aliphatic heterocycles. The zero-order valence-corrected chi connectivity index (χ0v) is 11.0. The van der Waals surface area contributed by atoms with Gasteiger partial charge in [0, 0.05) is 32.0 Å². The van der Waals surface area contributed by atoms with Crippen LogP contribution in [0.15, 0.2) is 18.5 Å². The number of rotatable bonds is 4. The van der Waals surface area contributed by atoms with Crippen molar-refractivity contribution >= 4 is 0 Å². The first-order valence-corrected chi connectivity index (χ1v) is 7.06. The van der Waals surface area contributed by atoms with Gasteiger partial charge in [0.1, 0.15) is 0 Å². The molecule has 0 radical (unpaired) electrons. The fourth-order valence-electron chi connectivity index (χ4n) is 4.00. The first kappa shape index (κ1) is 11.3. The van der Waals surface area contributed by atoms with Crippen molar-refractivity contribution in [3.05, 3.63) is 24.0 Å². The van der Waals surface area contributed by atoms with Gasteiger partial charge in [-0.1, -0.05) is 6.42 Å². The molecule has 1 N–H and O–H groups in total. The quantitative estimate of drug-likeness (QED) is 0.844. The fourth-order valence-corrected chi connectivity index (χ4v) is 4.00. The third-order valence-electron chi connectivity index (χ3n) is 4.96. The molecule has 3 rings (SSSR count). The number of hydrogen-bond acceptors (Lipinski definition) is 1. The predicted molar refractivity (Wildman–Crippen MR) is 70.7 cm³/mol. The summed E-state index contributed by atoms with van der Waals surface area (Å²) in [7, 11) is 2.09. The van der Waals surface area contributed by atoms with E-state index in [-0.39, 0.29) is 0 Å². The molecule has 2 heteroatoms. The maximum Gasteiger partial charge on any atom is 0.0223 e. The molecule has 2 bridgehead atoms. The Balaban J connectivity index is 1.52. The van der Waals surface area contributed by atoms with E-state index < -0.39 is 0 Å². The Morgan fingerprint density at radius 1 is 1.41 bits per heavy atom. The first-order chi connectivity index (χ1) is 8.22. The maximum absolute atomic E-state index is 3.73. The van der Waals surface area contributed by atoms with E-state index in [1.54, 1.807) is 0 Å². The summed E-state index contributed by atoms with van der Waals surface area (Å²) in [5, 5.41) is 3.73. The molecule has 1 heterocycles. The van der Waals surface area contributed by atoms with E-state index in [9.17, 15) is 0 Å². The van der Waals surface area contributed by atoms with Gasteiger partial charge in [-0.2, -0.15) is 0 Å². The molecular weight excluding hydrogens is 208 g/mol. The maximum atomic E-state index is 3.73. The summed E-state index contributed by atoms with van der Waals surface area (Å²) in [4.78, 5) is 0. The van der Waals surface area contributed by atoms with Gasteiger partial charge in [0.15, 0.2) is 0 Å². The number of aromatic nitrogens is 1. The van der Waals surface area contributed by atoms with Crippen LogP contribution >= 0.6 is 0 Å². The number of nitrogens with zero attached hydrogens (tertiary/aromatic N) is 1. The van der Waals surface area contributed by atoms with Crippen molar-refractivity contribution in [1.82, 2.24) is 9.88 Å². The highest BCUT2D eigenvalue weighted by atomic mass is 14.9. The minimum Gasteiger partial charge on any atom is -0.357 e. The van der Waals surface area contributed by atoms with Gasteiger partial charge in [0.05, 0.1) is 0 Å². The molecule has 94 valence electrons. The summed E-state index contributed by atoms with van der Waals surface area (Å²) in [5.74, 6) is 3.03. The number of hydrogen-bond donors (Lipinski definition) is 1. The topological polar surface area (TPSA) is 17.0 Å². The van der Waals surface area contributed by atoms with E-state index in [0.717, 1.165) is 24.3 Å². The second kappa shape index (κ2) is 4.49. The standard InChI is InChI=1S/C15H24N2/c1-11(15-8-12-3-4-14(15)7-12)16-9-13-5-6-17(2)10-13/h5-6,10-12,14-16H,3-4,7-9H2,1-2H3. The van der Waals surface area contributed by atoms with Gasteiger partial charge < -0.3 is 9.88 Å². The Morgan fingerprint density at radius 2 is 2.29 bits per heavy atom. The van der Waals surface area contributed by atoms with Crippen molar-refractivity contribution in [1.29, 1.82) is 0 Å². The van der Waals surface area contributed by atoms with Crippen molar-refractivity contribution in [3.8, 4) is 0 Å². The molecule has 0 spiro atoms. The lowest BCUT2D eigenvalue weighted by Gasteiger charge is -2.28. The van der Waals surface area contributed by atoms with E-state index in [0.29, 0.717) is 6.04 Å². The number of nitrogens with one attached hydrogen (secondary N) is 1. The molecule has 2 aliphatic carbocycles. The zero-order chi connectivity index (χ0) is 11.8. The molecule has 2 saturated carbocycles. The summed E-state index contributed by atoms with van der Waals surface area (Å²) in [5.41, 5.74) is 1.41. The molecule has 2 fully saturated rings. The van der Waals surface area contributed by atoms with E-state index in [2.05, 4.69) is 42.3 Å². The average Bonchev–Trinajstić information content (AvgIpc) is 3.01. The van der Waals surface area contributed by atoms with Crippen LogP contribution in [-0.2, 0) is 13.6 Å². The molecule has 17 heavy (non-hydrogen) atoms. The lowest BCUT2D eigenvalue weighted by molar-refractivity contribution is 0.259. The summed E-state index contributed by atoms with van der Waals surface area (Å²) in [6.07, 6.45) is 10.3. The van der Waals surface area contributed by atoms with Crippen LogP contribution in [0.5, 0.6) is 0 Å². The highest BCUT2D eigenvalue weighted by molar-refractivity contribution is 5.09. The van der Waals surface area contributed by atoms with Crippen molar-refractivity contribution < 1.29 is 0 Å². The van der Waals surface area contributed by atoms with Crippen LogP contribution in [0.1, 0.15) is 38.2 Å². The monoisotopic (exact) mass is 232 g/mol. The minimum atomic E-state index is 0.686. The average molecular weight is 232 g/mol. The fraction of sp³-hybridized carbons (Fsp3) is 0.733. The highest BCUT2D eigenvalue weighted by Crippen LogP contribution is 2.49. The SMILES string of the molecule is CC(NCc1ccn(C)c1)C1CC2CCC1C2. The van der Waals surface area contributed by atoms with E-state index in [1.165, 1.54) is 31.2 Å². The van der Waals surface area contributed by atoms with Crippen LogP contribution in [0, 0.1) is 17.8 Å². The summed E-state index contributed by atoms with van der Waals surface area (Å²) in [6, 6.07) is 2.89. The third-order valence-corrected chi connectivity index (χ3v) is 4.96. The van der Waals surface area contributed by atoms with Gasteiger partial charge in [-0.25, -0.2) is 0 Å². The van der Waals surface area contributed by atoms with Crippen LogP contribution in [-0.4, -0.2) is 10.6 Å². The molecule has 2 nitrogen and oxygen atoms in total. The molecular formula is C15H24N2. The molecule has 4 atom stereocenters. The van der Waals surface area contributed by atoms with Gasteiger partial charge in [0.2, 0.25) is 0 Å². The van der Waals surface area contributed by atoms with Gasteiger partial charge in [-0.05, 0) is 55.6 Å². The Bertz CT molecular complexity index is 382. The van der Waals surface area contributed by atoms with Crippen molar-refractivity contribution in [2.45, 2.75) is 45.2 Å². The number of fused-ring (bicyclic) bond motifs is 2. The molecule has 0 saturated heterocycles. The number of aryl methyl sites for hydroxylation is 1. The first-order valence-electron chi connectivity index (χ1n) is 7.06. The van der Waals surface area contributed by atoms with Crippen LogP contribution < -0.4 is 5.32 Å². The Hall–Kier alpha value is -0.760. The molecule has 1 aromatic heterocycles. The second-order valence-corrected chi connectivity index (χ2v) is 6.19. The lowest BCUT2D eigenvalue weighted by Crippen LogP contribution is -2.35. The molecule has 4 unspecified atom stereocenters. The lowest BCUT2D eigenvalue weighted by atomic mass is 9.84. The van der Waals surface area contributed by atoms with Gasteiger partial charge in [-0.3, -0.25) is 0 Å². The van der Waals surface area contributed by atoms with Gasteiger partial charge in [-0.15, -0.1) is 0 Å². The largest absolute Gasteiger partial charge is 0.357 e. The Morgan fingerprint density at radius 3 is 2.88 bits per heavy atom. The van der Waals surface area contributed by atoms with Crippen LogP contribution in [0.2, 0.25) is 0 Å².